The van der Waals surface area contributed by atoms with Gasteiger partial charge in [0.15, 0.2) is 0 Å². The van der Waals surface area contributed by atoms with Crippen molar-refractivity contribution in [3.8, 4) is 55.6 Å². The van der Waals surface area contributed by atoms with E-state index in [2.05, 4.69) is 206 Å². The van der Waals surface area contributed by atoms with E-state index in [4.69, 9.17) is 0 Å². The highest BCUT2D eigenvalue weighted by Gasteiger charge is 2.19. The van der Waals surface area contributed by atoms with Crippen LogP contribution in [0, 0.1) is 0 Å². The monoisotopic (exact) mass is 658 g/mol. The standard InChI is InChI=1S/C52H34/c1-2-14-35(15-3-1)42-21-8-9-23-45(42)40-32-33-49-50(34-40)51(39-30-28-38(29-31-39)43-26-12-18-36-16-4-6-20-41(36)43)47-24-10-11-25-48(47)52(49)46-27-13-19-37-17-5-7-22-44(37)46/h1-34H. The zero-order chi connectivity index (χ0) is 34.4. The SMILES string of the molecule is c1ccc(-c2ccccc2-c2ccc3c(-c4cccc5ccccc45)c4ccccc4c(-c4ccc(-c5cccc6ccccc56)cc4)c3c2)cc1. The van der Waals surface area contributed by atoms with Gasteiger partial charge in [0.05, 0.1) is 0 Å². The lowest BCUT2D eigenvalue weighted by Gasteiger charge is -2.20. The first kappa shape index (κ1) is 30.1. The normalized spacial score (nSPS) is 11.5. The number of benzene rings is 10. The van der Waals surface area contributed by atoms with E-state index < -0.39 is 0 Å². The zero-order valence-corrected chi connectivity index (χ0v) is 28.6. The molecule has 0 aromatic heterocycles. The summed E-state index contributed by atoms with van der Waals surface area (Å²) >= 11 is 0. The van der Waals surface area contributed by atoms with Gasteiger partial charge in [-0.3, -0.25) is 0 Å². The highest BCUT2D eigenvalue weighted by molar-refractivity contribution is 6.24. The smallest absolute Gasteiger partial charge is 0.00201 e. The lowest BCUT2D eigenvalue weighted by molar-refractivity contribution is 1.59. The molecule has 0 aliphatic carbocycles. The van der Waals surface area contributed by atoms with Crippen molar-refractivity contribution in [2.45, 2.75) is 0 Å². The van der Waals surface area contributed by atoms with E-state index in [0.717, 1.165) is 0 Å². The van der Waals surface area contributed by atoms with Crippen LogP contribution in [0.2, 0.25) is 0 Å². The molecule has 0 bridgehead atoms. The molecule has 0 heterocycles. The van der Waals surface area contributed by atoms with Gasteiger partial charge in [0, 0.05) is 0 Å². The van der Waals surface area contributed by atoms with Gasteiger partial charge in [0.2, 0.25) is 0 Å². The summed E-state index contributed by atoms with van der Waals surface area (Å²) in [4.78, 5) is 0. The molecule has 0 unspecified atom stereocenters. The minimum Gasteiger partial charge on any atom is -0.0622 e. The van der Waals surface area contributed by atoms with Gasteiger partial charge < -0.3 is 0 Å². The van der Waals surface area contributed by atoms with E-state index in [1.165, 1.54) is 98.7 Å². The molecule has 0 aliphatic heterocycles. The molecule has 0 spiro atoms. The van der Waals surface area contributed by atoms with Crippen molar-refractivity contribution < 1.29 is 0 Å². The second kappa shape index (κ2) is 12.5. The first-order valence-corrected chi connectivity index (χ1v) is 18.0. The lowest BCUT2D eigenvalue weighted by Crippen LogP contribution is -1.93. The van der Waals surface area contributed by atoms with Gasteiger partial charge in [-0.15, -0.1) is 0 Å². The number of hydrogen-bond acceptors (Lipinski definition) is 0. The van der Waals surface area contributed by atoms with E-state index in [0.29, 0.717) is 0 Å². The Balaban J connectivity index is 1.26. The first-order chi connectivity index (χ1) is 25.8. The van der Waals surface area contributed by atoms with Crippen molar-refractivity contribution in [1.82, 2.24) is 0 Å². The highest BCUT2D eigenvalue weighted by atomic mass is 14.2. The Bertz CT molecular complexity index is 2920. The van der Waals surface area contributed by atoms with Crippen molar-refractivity contribution in [2.75, 3.05) is 0 Å². The van der Waals surface area contributed by atoms with Crippen LogP contribution in [0.5, 0.6) is 0 Å². The minimum absolute atomic E-state index is 1.21. The Morgan fingerprint density at radius 3 is 1.31 bits per heavy atom. The molecule has 0 fully saturated rings. The second-order valence-electron chi connectivity index (χ2n) is 13.6. The Morgan fingerprint density at radius 2 is 0.615 bits per heavy atom. The van der Waals surface area contributed by atoms with Crippen LogP contribution in [-0.2, 0) is 0 Å². The molecule has 0 heteroatoms. The molecular weight excluding hydrogens is 625 g/mol. The lowest BCUT2D eigenvalue weighted by atomic mass is 9.83. The fourth-order valence-corrected chi connectivity index (χ4v) is 8.29. The topological polar surface area (TPSA) is 0 Å². The summed E-state index contributed by atoms with van der Waals surface area (Å²) in [5, 5.41) is 10.1. The van der Waals surface area contributed by atoms with E-state index in [1.54, 1.807) is 0 Å². The quantitative estimate of drug-likeness (QED) is 0.161. The van der Waals surface area contributed by atoms with Crippen LogP contribution in [0.1, 0.15) is 0 Å². The predicted octanol–water partition coefficient (Wildman–Crippen LogP) is 14.6. The Morgan fingerprint density at radius 1 is 0.192 bits per heavy atom. The maximum atomic E-state index is 2.44. The van der Waals surface area contributed by atoms with Crippen molar-refractivity contribution in [3.05, 3.63) is 206 Å². The van der Waals surface area contributed by atoms with Crippen LogP contribution in [-0.4, -0.2) is 0 Å². The third kappa shape index (κ3) is 5.00. The van der Waals surface area contributed by atoms with Crippen LogP contribution < -0.4 is 0 Å². The van der Waals surface area contributed by atoms with Crippen molar-refractivity contribution >= 4 is 43.1 Å². The van der Waals surface area contributed by atoms with Crippen molar-refractivity contribution in [2.24, 2.45) is 0 Å². The largest absolute Gasteiger partial charge is 0.0622 e. The molecule has 0 saturated heterocycles. The third-order valence-electron chi connectivity index (χ3n) is 10.7. The summed E-state index contributed by atoms with van der Waals surface area (Å²) in [5.74, 6) is 0. The van der Waals surface area contributed by atoms with Gasteiger partial charge in [-0.2, -0.15) is 0 Å². The molecule has 0 nitrogen and oxygen atoms in total. The van der Waals surface area contributed by atoms with Gasteiger partial charge in [0.1, 0.15) is 0 Å². The fourth-order valence-electron chi connectivity index (χ4n) is 8.29. The average molecular weight is 659 g/mol. The number of fused-ring (bicyclic) bond motifs is 4. The van der Waals surface area contributed by atoms with E-state index in [1.807, 2.05) is 0 Å². The maximum Gasteiger partial charge on any atom is -0.00201 e. The van der Waals surface area contributed by atoms with E-state index >= 15 is 0 Å². The van der Waals surface area contributed by atoms with Gasteiger partial charge in [0.25, 0.3) is 0 Å². The van der Waals surface area contributed by atoms with Crippen LogP contribution in [0.25, 0.3) is 98.7 Å². The highest BCUT2D eigenvalue weighted by Crippen LogP contribution is 2.47. The molecule has 0 atom stereocenters. The summed E-state index contributed by atoms with van der Waals surface area (Å²) < 4.78 is 0. The molecule has 52 heavy (non-hydrogen) atoms. The van der Waals surface area contributed by atoms with Crippen LogP contribution in [0.15, 0.2) is 206 Å². The molecule has 0 radical (unpaired) electrons. The van der Waals surface area contributed by atoms with E-state index in [9.17, 15) is 0 Å². The number of hydrogen-bond donors (Lipinski definition) is 0. The predicted molar refractivity (Wildman–Crippen MR) is 224 cm³/mol. The molecule has 10 rings (SSSR count). The van der Waals surface area contributed by atoms with Crippen molar-refractivity contribution in [3.63, 3.8) is 0 Å². The summed E-state index contributed by atoms with van der Waals surface area (Å²) in [6.45, 7) is 0. The summed E-state index contributed by atoms with van der Waals surface area (Å²) in [7, 11) is 0. The summed E-state index contributed by atoms with van der Waals surface area (Å²) in [6, 6.07) is 75.6. The summed E-state index contributed by atoms with van der Waals surface area (Å²) in [5.41, 5.74) is 12.4. The summed E-state index contributed by atoms with van der Waals surface area (Å²) in [6.07, 6.45) is 0. The molecule has 0 saturated carbocycles. The first-order valence-electron chi connectivity index (χ1n) is 18.0. The van der Waals surface area contributed by atoms with E-state index in [-0.39, 0.29) is 0 Å². The van der Waals surface area contributed by atoms with Gasteiger partial charge in [-0.05, 0) is 105 Å². The molecular formula is C52H34. The minimum atomic E-state index is 1.21. The molecule has 0 N–H and O–H groups in total. The maximum absolute atomic E-state index is 2.44. The van der Waals surface area contributed by atoms with Crippen LogP contribution in [0.4, 0.5) is 0 Å². The molecule has 0 aliphatic rings. The second-order valence-corrected chi connectivity index (χ2v) is 13.6. The fraction of sp³-hybridized carbons (Fsp3) is 0. The Kier molecular flexibility index (Phi) is 7.25. The average Bonchev–Trinajstić information content (AvgIpc) is 3.22. The van der Waals surface area contributed by atoms with Gasteiger partial charge in [-0.25, -0.2) is 0 Å². The molecule has 10 aromatic carbocycles. The third-order valence-corrected chi connectivity index (χ3v) is 10.7. The Hall–Kier alpha value is -6.76. The van der Waals surface area contributed by atoms with Gasteiger partial charge >= 0.3 is 0 Å². The van der Waals surface area contributed by atoms with Crippen LogP contribution in [0.3, 0.4) is 0 Å². The van der Waals surface area contributed by atoms with Crippen LogP contribution >= 0.6 is 0 Å². The Labute approximate surface area is 303 Å². The number of rotatable bonds is 5. The molecule has 10 aromatic rings. The zero-order valence-electron chi connectivity index (χ0n) is 28.6. The van der Waals surface area contributed by atoms with Gasteiger partial charge in [-0.1, -0.05) is 200 Å². The molecule has 0 amide bonds. The van der Waals surface area contributed by atoms with Crippen molar-refractivity contribution in [1.29, 1.82) is 0 Å². The molecule has 242 valence electrons.